The van der Waals surface area contributed by atoms with Gasteiger partial charge in [0.05, 0.1) is 43.2 Å². The third kappa shape index (κ3) is 7.54. The van der Waals surface area contributed by atoms with E-state index in [1.807, 2.05) is 23.1 Å². The van der Waals surface area contributed by atoms with Crippen LogP contribution in [0.2, 0.25) is 0 Å². The van der Waals surface area contributed by atoms with Gasteiger partial charge in [-0.25, -0.2) is 4.39 Å². The predicted octanol–water partition coefficient (Wildman–Crippen LogP) is 7.03. The lowest BCUT2D eigenvalue weighted by Gasteiger charge is -2.40. The maximum Gasteiger partial charge on any atom is 0.264 e. The van der Waals surface area contributed by atoms with Crippen LogP contribution in [0.25, 0.3) is 11.3 Å². The molecule has 54 heavy (non-hydrogen) atoms. The molecule has 0 radical (unpaired) electrons. The highest BCUT2D eigenvalue weighted by atomic mass is 35.5. The number of nitrogens with zero attached hydrogens (tertiary/aromatic N) is 5. The number of hydrogen-bond acceptors (Lipinski definition) is 7. The Bertz CT molecular complexity index is 2230. The number of hydrogen-bond donors (Lipinski definition) is 1. The summed E-state index contributed by atoms with van der Waals surface area (Å²) in [7, 11) is 3.26. The molecule has 1 aromatic heterocycles. The number of anilines is 2. The second-order valence-electron chi connectivity index (χ2n) is 13.4. The largest absolute Gasteiger partial charge is 0.508 e. The highest BCUT2D eigenvalue weighted by Crippen LogP contribution is 2.36. The number of fused-ring (bicyclic) bond motifs is 1. The number of ether oxygens (including phenoxy) is 2. The number of morpholine rings is 1. The fourth-order valence-corrected chi connectivity index (χ4v) is 7.31. The first-order chi connectivity index (χ1) is 25.6. The average Bonchev–Trinajstić information content (AvgIpc) is 3.48. The summed E-state index contributed by atoms with van der Waals surface area (Å²) in [5.74, 6) is -0.754. The Kier molecular flexibility index (Phi) is 11.4. The van der Waals surface area contributed by atoms with E-state index in [2.05, 4.69) is 17.0 Å². The van der Waals surface area contributed by atoms with Crippen LogP contribution in [0.1, 0.15) is 43.1 Å². The molecule has 1 N–H and O–H groups in total. The van der Waals surface area contributed by atoms with Crippen LogP contribution in [0.15, 0.2) is 91.0 Å². The lowest BCUT2D eigenvalue weighted by Crippen LogP contribution is -2.52. The molecule has 1 atom stereocenters. The van der Waals surface area contributed by atoms with Crippen LogP contribution >= 0.6 is 12.4 Å². The van der Waals surface area contributed by atoms with E-state index in [0.29, 0.717) is 77.9 Å². The molecule has 2 amide bonds. The summed E-state index contributed by atoms with van der Waals surface area (Å²) >= 11 is 0. The van der Waals surface area contributed by atoms with E-state index in [0.717, 1.165) is 18.7 Å². The van der Waals surface area contributed by atoms with Gasteiger partial charge in [-0.2, -0.15) is 5.26 Å². The van der Waals surface area contributed by atoms with Crippen molar-refractivity contribution < 1.29 is 28.6 Å². The van der Waals surface area contributed by atoms with Gasteiger partial charge in [0.15, 0.2) is 0 Å². The number of carbonyl (C=O) groups excluding carboxylic acids is 2. The van der Waals surface area contributed by atoms with E-state index in [1.165, 1.54) is 47.9 Å². The van der Waals surface area contributed by atoms with Crippen molar-refractivity contribution in [2.45, 2.75) is 25.9 Å². The van der Waals surface area contributed by atoms with E-state index < -0.39 is 11.7 Å². The number of rotatable bonds is 8. The smallest absolute Gasteiger partial charge is 0.264 e. The van der Waals surface area contributed by atoms with E-state index in [9.17, 15) is 20.0 Å². The SMILES string of the molecule is COc1cc(C#N)cc(N(C(=O)c2cc(-c3cc(F)ccc3C(=O)N3Cc4ccccc4C[C@H]3CN3CCOCC3)n(C)c2C)c2ccc(O)cc2)c1.Cl. The quantitative estimate of drug-likeness (QED) is 0.182. The Morgan fingerprint density at radius 1 is 0.963 bits per heavy atom. The summed E-state index contributed by atoms with van der Waals surface area (Å²) in [5, 5.41) is 19.8. The normalized spacial score (nSPS) is 15.5. The second kappa shape index (κ2) is 16.1. The average molecular weight is 750 g/mol. The summed E-state index contributed by atoms with van der Waals surface area (Å²) in [6.07, 6.45) is 0.697. The highest BCUT2D eigenvalue weighted by Gasteiger charge is 2.34. The zero-order chi connectivity index (χ0) is 37.2. The molecule has 0 bridgehead atoms. The minimum atomic E-state index is -0.511. The number of nitriles is 1. The van der Waals surface area contributed by atoms with Gasteiger partial charge in [0, 0.05) is 73.5 Å². The molecule has 5 aromatic rings. The van der Waals surface area contributed by atoms with Gasteiger partial charge in [-0.1, -0.05) is 24.3 Å². The number of phenolic OH excluding ortho intramolecular Hbond substituents is 1. The summed E-state index contributed by atoms with van der Waals surface area (Å²) < 4.78 is 28.0. The minimum absolute atomic E-state index is 0. The molecule has 0 unspecified atom stereocenters. The van der Waals surface area contributed by atoms with Gasteiger partial charge in [-0.3, -0.25) is 19.4 Å². The van der Waals surface area contributed by atoms with Crippen molar-refractivity contribution in [1.29, 1.82) is 5.26 Å². The maximum absolute atomic E-state index is 15.2. The Morgan fingerprint density at radius 3 is 2.39 bits per heavy atom. The van der Waals surface area contributed by atoms with Crippen LogP contribution in [0.4, 0.5) is 15.8 Å². The molecule has 2 aliphatic heterocycles. The van der Waals surface area contributed by atoms with Crippen molar-refractivity contribution in [2.75, 3.05) is 44.9 Å². The van der Waals surface area contributed by atoms with Gasteiger partial charge < -0.3 is 24.0 Å². The first kappa shape index (κ1) is 38.1. The number of methoxy groups -OCH3 is 1. The zero-order valence-corrected chi connectivity index (χ0v) is 31.1. The molecule has 0 aliphatic carbocycles. The lowest BCUT2D eigenvalue weighted by atomic mass is 9.92. The van der Waals surface area contributed by atoms with Crippen molar-refractivity contribution >= 4 is 35.6 Å². The predicted molar refractivity (Wildman–Crippen MR) is 206 cm³/mol. The van der Waals surface area contributed by atoms with E-state index in [1.54, 1.807) is 54.9 Å². The van der Waals surface area contributed by atoms with Gasteiger partial charge in [0.1, 0.15) is 17.3 Å². The third-order valence-corrected chi connectivity index (χ3v) is 10.3. The lowest BCUT2D eigenvalue weighted by molar-refractivity contribution is 0.0193. The van der Waals surface area contributed by atoms with Crippen LogP contribution in [0.3, 0.4) is 0 Å². The highest BCUT2D eigenvalue weighted by molar-refractivity contribution is 6.12. The molecule has 4 aromatic carbocycles. The number of benzene rings is 4. The van der Waals surface area contributed by atoms with Crippen LogP contribution in [0.5, 0.6) is 11.5 Å². The summed E-state index contributed by atoms with van der Waals surface area (Å²) in [4.78, 5) is 35.1. The van der Waals surface area contributed by atoms with E-state index in [-0.39, 0.29) is 35.7 Å². The molecule has 0 spiro atoms. The van der Waals surface area contributed by atoms with E-state index in [4.69, 9.17) is 9.47 Å². The summed E-state index contributed by atoms with van der Waals surface area (Å²) in [6.45, 7) is 5.77. The molecule has 278 valence electrons. The number of aromatic nitrogens is 1. The zero-order valence-electron chi connectivity index (χ0n) is 30.3. The number of aromatic hydroxyl groups is 1. The molecule has 1 fully saturated rings. The molecular formula is C42H41ClFN5O5. The van der Waals surface area contributed by atoms with Gasteiger partial charge >= 0.3 is 0 Å². The summed E-state index contributed by atoms with van der Waals surface area (Å²) in [6, 6.07) is 27.0. The third-order valence-electron chi connectivity index (χ3n) is 10.3. The van der Waals surface area contributed by atoms with Crippen molar-refractivity contribution in [3.05, 3.63) is 130 Å². The fraction of sp³-hybridized carbons (Fsp3) is 0.262. The molecule has 1 saturated heterocycles. The van der Waals surface area contributed by atoms with Gasteiger partial charge in [-0.05, 0) is 85.1 Å². The Hall–Kier alpha value is -5.67. The van der Waals surface area contributed by atoms with Crippen LogP contribution in [-0.2, 0) is 24.8 Å². The fourth-order valence-electron chi connectivity index (χ4n) is 7.31. The van der Waals surface area contributed by atoms with Crippen LogP contribution in [0, 0.1) is 24.1 Å². The van der Waals surface area contributed by atoms with Gasteiger partial charge in [-0.15, -0.1) is 12.4 Å². The number of amides is 2. The first-order valence-electron chi connectivity index (χ1n) is 17.5. The van der Waals surface area contributed by atoms with Crippen LogP contribution < -0.4 is 9.64 Å². The van der Waals surface area contributed by atoms with Crippen LogP contribution in [-0.4, -0.2) is 77.3 Å². The molecule has 3 heterocycles. The molecular weight excluding hydrogens is 709 g/mol. The van der Waals surface area contributed by atoms with Gasteiger partial charge in [0.2, 0.25) is 0 Å². The number of halogens is 2. The van der Waals surface area contributed by atoms with Crippen molar-refractivity contribution in [2.24, 2.45) is 7.05 Å². The standard InChI is InChI=1S/C42H40FN5O5.ClH/c1-27-38(42(51)48(32-9-11-35(49)12-10-32)33-18-28(24-44)19-36(22-33)52-3)23-40(45(27)2)39-21-31(43)8-13-37(39)41(50)47-25-30-7-5-4-6-29(30)20-34(47)26-46-14-16-53-17-15-46;/h4-13,18-19,21-23,34,49H,14-17,20,25-26H2,1-3H3;1H/t34-;/m0./s1. The topological polar surface area (TPSA) is 111 Å². The molecule has 0 saturated carbocycles. The number of carbonyl (C=O) groups is 2. The van der Waals surface area contributed by atoms with Gasteiger partial charge in [0.25, 0.3) is 11.8 Å². The molecule has 7 rings (SSSR count). The van der Waals surface area contributed by atoms with E-state index >= 15 is 4.39 Å². The molecule has 12 heteroatoms. The maximum atomic E-state index is 15.2. The Labute approximate surface area is 320 Å². The summed E-state index contributed by atoms with van der Waals surface area (Å²) in [5.41, 5.74) is 5.47. The number of phenols is 1. The molecule has 10 nitrogen and oxygen atoms in total. The van der Waals surface area contributed by atoms with Crippen molar-refractivity contribution in [1.82, 2.24) is 14.4 Å². The van der Waals surface area contributed by atoms with Crippen molar-refractivity contribution in [3.63, 3.8) is 0 Å². The first-order valence-corrected chi connectivity index (χ1v) is 17.5. The van der Waals surface area contributed by atoms with Crippen molar-refractivity contribution in [3.8, 4) is 28.8 Å². The minimum Gasteiger partial charge on any atom is -0.508 e. The second-order valence-corrected chi connectivity index (χ2v) is 13.4. The Morgan fingerprint density at radius 2 is 1.69 bits per heavy atom. The molecule has 2 aliphatic rings. The Balaban J connectivity index is 0.00000497. The monoisotopic (exact) mass is 749 g/mol.